The normalized spacial score (nSPS) is 10.6. The summed E-state index contributed by atoms with van der Waals surface area (Å²) in [5.74, 6) is -0.106. The Morgan fingerprint density at radius 1 is 1.43 bits per heavy atom. The zero-order chi connectivity index (χ0) is 15.4. The number of hydrogen-bond acceptors (Lipinski definition) is 4. The summed E-state index contributed by atoms with van der Waals surface area (Å²) < 4.78 is 1.66. The standard InChI is InChI=1S/C15H21N5O/c1-4-20-14(13(16)11(2)18-20)15(21)19(3)10-8-12-7-5-6-9-17-12/h5-7,9H,4,8,10,16H2,1-3H3. The molecule has 0 saturated carbocycles. The molecule has 0 spiro atoms. The van der Waals surface area contributed by atoms with Crippen LogP contribution in [0.2, 0.25) is 0 Å². The SMILES string of the molecule is CCn1nc(C)c(N)c1C(=O)N(C)CCc1ccccn1. The maximum absolute atomic E-state index is 12.5. The lowest BCUT2D eigenvalue weighted by molar-refractivity contribution is 0.0785. The van der Waals surface area contributed by atoms with Crippen LogP contribution in [-0.2, 0) is 13.0 Å². The van der Waals surface area contributed by atoms with Crippen LogP contribution in [0.5, 0.6) is 0 Å². The van der Waals surface area contributed by atoms with E-state index in [2.05, 4.69) is 10.1 Å². The van der Waals surface area contributed by atoms with Crippen molar-refractivity contribution in [3.63, 3.8) is 0 Å². The van der Waals surface area contributed by atoms with Gasteiger partial charge in [0.25, 0.3) is 5.91 Å². The van der Waals surface area contributed by atoms with Crippen LogP contribution in [0.1, 0.15) is 28.8 Å². The first-order valence-corrected chi connectivity index (χ1v) is 7.02. The Bertz CT molecular complexity index is 620. The fraction of sp³-hybridized carbons (Fsp3) is 0.400. The molecule has 6 heteroatoms. The van der Waals surface area contributed by atoms with Gasteiger partial charge >= 0.3 is 0 Å². The lowest BCUT2D eigenvalue weighted by atomic mass is 10.2. The van der Waals surface area contributed by atoms with Crippen molar-refractivity contribution >= 4 is 11.6 Å². The number of aromatic nitrogens is 3. The number of nitrogens with zero attached hydrogens (tertiary/aromatic N) is 4. The molecule has 0 bridgehead atoms. The molecular weight excluding hydrogens is 266 g/mol. The van der Waals surface area contributed by atoms with Gasteiger partial charge in [0.05, 0.1) is 11.4 Å². The fourth-order valence-corrected chi connectivity index (χ4v) is 2.16. The van der Waals surface area contributed by atoms with E-state index in [9.17, 15) is 4.79 Å². The van der Waals surface area contributed by atoms with Gasteiger partial charge in [0.2, 0.25) is 0 Å². The number of anilines is 1. The van der Waals surface area contributed by atoms with Crippen LogP contribution >= 0.6 is 0 Å². The molecule has 0 aliphatic rings. The second-order valence-corrected chi connectivity index (χ2v) is 4.96. The first-order valence-electron chi connectivity index (χ1n) is 7.02. The van der Waals surface area contributed by atoms with E-state index >= 15 is 0 Å². The van der Waals surface area contributed by atoms with Gasteiger partial charge in [0.1, 0.15) is 5.69 Å². The second kappa shape index (κ2) is 6.39. The maximum Gasteiger partial charge on any atom is 0.274 e. The first kappa shape index (κ1) is 15.0. The maximum atomic E-state index is 12.5. The van der Waals surface area contributed by atoms with E-state index in [0.29, 0.717) is 36.6 Å². The summed E-state index contributed by atoms with van der Waals surface area (Å²) in [5, 5.41) is 4.28. The van der Waals surface area contributed by atoms with E-state index in [0.717, 1.165) is 5.69 Å². The number of aryl methyl sites for hydroxylation is 2. The predicted molar refractivity (Wildman–Crippen MR) is 82.0 cm³/mol. The molecule has 2 N–H and O–H groups in total. The molecule has 0 atom stereocenters. The third-order valence-corrected chi connectivity index (χ3v) is 3.45. The van der Waals surface area contributed by atoms with E-state index in [-0.39, 0.29) is 5.91 Å². The molecule has 0 aliphatic carbocycles. The molecule has 0 fully saturated rings. The first-order chi connectivity index (χ1) is 10.0. The minimum Gasteiger partial charge on any atom is -0.395 e. The average molecular weight is 287 g/mol. The van der Waals surface area contributed by atoms with E-state index in [1.807, 2.05) is 32.0 Å². The highest BCUT2D eigenvalue weighted by Crippen LogP contribution is 2.18. The summed E-state index contributed by atoms with van der Waals surface area (Å²) in [6, 6.07) is 5.77. The van der Waals surface area contributed by atoms with Crippen molar-refractivity contribution in [3.05, 3.63) is 41.5 Å². The lowest BCUT2D eigenvalue weighted by Crippen LogP contribution is -2.31. The molecule has 6 nitrogen and oxygen atoms in total. The Morgan fingerprint density at radius 2 is 2.19 bits per heavy atom. The van der Waals surface area contributed by atoms with Gasteiger partial charge in [-0.3, -0.25) is 14.5 Å². The molecule has 0 radical (unpaired) electrons. The largest absolute Gasteiger partial charge is 0.395 e. The van der Waals surface area contributed by atoms with Gasteiger partial charge in [-0.05, 0) is 26.0 Å². The van der Waals surface area contributed by atoms with Crippen molar-refractivity contribution in [2.45, 2.75) is 26.8 Å². The molecular formula is C15H21N5O. The topological polar surface area (TPSA) is 77.0 Å². The van der Waals surface area contributed by atoms with E-state index in [1.165, 1.54) is 0 Å². The number of amides is 1. The molecule has 0 aromatic carbocycles. The number of nitrogen functional groups attached to an aromatic ring is 1. The summed E-state index contributed by atoms with van der Waals surface area (Å²) >= 11 is 0. The number of hydrogen-bond donors (Lipinski definition) is 1. The molecule has 2 aromatic heterocycles. The highest BCUT2D eigenvalue weighted by atomic mass is 16.2. The summed E-state index contributed by atoms with van der Waals surface area (Å²) in [4.78, 5) is 18.5. The molecule has 2 rings (SSSR count). The predicted octanol–water partition coefficient (Wildman–Crippen LogP) is 1.50. The van der Waals surface area contributed by atoms with Crippen molar-refractivity contribution in [2.75, 3.05) is 19.3 Å². The van der Waals surface area contributed by atoms with Gasteiger partial charge in [0.15, 0.2) is 0 Å². The van der Waals surface area contributed by atoms with Crippen LogP contribution in [0, 0.1) is 6.92 Å². The third-order valence-electron chi connectivity index (χ3n) is 3.45. The minimum atomic E-state index is -0.106. The van der Waals surface area contributed by atoms with Crippen LogP contribution in [-0.4, -0.2) is 39.2 Å². The molecule has 1 amide bonds. The van der Waals surface area contributed by atoms with Crippen LogP contribution < -0.4 is 5.73 Å². The Balaban J connectivity index is 2.09. The van der Waals surface area contributed by atoms with Gasteiger partial charge in [-0.15, -0.1) is 0 Å². The van der Waals surface area contributed by atoms with Crippen molar-refractivity contribution in [1.82, 2.24) is 19.7 Å². The number of nitrogens with two attached hydrogens (primary N) is 1. The zero-order valence-corrected chi connectivity index (χ0v) is 12.7. The van der Waals surface area contributed by atoms with E-state index in [4.69, 9.17) is 5.73 Å². The molecule has 0 unspecified atom stereocenters. The van der Waals surface area contributed by atoms with Crippen molar-refractivity contribution in [3.8, 4) is 0 Å². The second-order valence-electron chi connectivity index (χ2n) is 4.96. The Morgan fingerprint density at radius 3 is 2.81 bits per heavy atom. The summed E-state index contributed by atoms with van der Waals surface area (Å²) in [6.45, 7) is 4.96. The van der Waals surface area contributed by atoms with Gasteiger partial charge in [-0.2, -0.15) is 5.10 Å². The van der Waals surface area contributed by atoms with E-state index < -0.39 is 0 Å². The van der Waals surface area contributed by atoms with Crippen LogP contribution in [0.25, 0.3) is 0 Å². The highest BCUT2D eigenvalue weighted by Gasteiger charge is 2.22. The van der Waals surface area contributed by atoms with Crippen molar-refractivity contribution in [2.24, 2.45) is 0 Å². The number of carbonyl (C=O) groups excluding carboxylic acids is 1. The number of pyridine rings is 1. The van der Waals surface area contributed by atoms with E-state index in [1.54, 1.807) is 22.8 Å². The molecule has 2 aromatic rings. The summed E-state index contributed by atoms with van der Waals surface area (Å²) in [5.41, 5.74) is 8.57. The average Bonchev–Trinajstić information content (AvgIpc) is 2.80. The molecule has 112 valence electrons. The summed E-state index contributed by atoms with van der Waals surface area (Å²) in [7, 11) is 1.77. The minimum absolute atomic E-state index is 0.106. The van der Waals surface area contributed by atoms with Crippen LogP contribution in [0.4, 0.5) is 5.69 Å². The van der Waals surface area contributed by atoms with Crippen LogP contribution in [0.15, 0.2) is 24.4 Å². The molecule has 0 aliphatic heterocycles. The molecule has 2 heterocycles. The number of carbonyl (C=O) groups is 1. The fourth-order valence-electron chi connectivity index (χ4n) is 2.16. The van der Waals surface area contributed by atoms with Crippen molar-refractivity contribution in [1.29, 1.82) is 0 Å². The lowest BCUT2D eigenvalue weighted by Gasteiger charge is -2.17. The summed E-state index contributed by atoms with van der Waals surface area (Å²) in [6.07, 6.45) is 2.47. The monoisotopic (exact) mass is 287 g/mol. The van der Waals surface area contributed by atoms with Gasteiger partial charge in [0, 0.05) is 38.4 Å². The Kier molecular flexibility index (Phi) is 4.57. The highest BCUT2D eigenvalue weighted by molar-refractivity contribution is 5.97. The third kappa shape index (κ3) is 3.21. The van der Waals surface area contributed by atoms with Crippen LogP contribution in [0.3, 0.4) is 0 Å². The number of rotatable bonds is 5. The van der Waals surface area contributed by atoms with Gasteiger partial charge in [-0.1, -0.05) is 6.07 Å². The number of likely N-dealkylation sites (N-methyl/N-ethyl adjacent to an activating group) is 1. The van der Waals surface area contributed by atoms with Gasteiger partial charge < -0.3 is 10.6 Å². The smallest absolute Gasteiger partial charge is 0.274 e. The Labute approximate surface area is 124 Å². The quantitative estimate of drug-likeness (QED) is 0.904. The molecule has 0 saturated heterocycles. The molecule has 21 heavy (non-hydrogen) atoms. The Hall–Kier alpha value is -2.37. The van der Waals surface area contributed by atoms with Crippen molar-refractivity contribution < 1.29 is 4.79 Å². The van der Waals surface area contributed by atoms with Gasteiger partial charge in [-0.25, -0.2) is 0 Å². The zero-order valence-electron chi connectivity index (χ0n) is 12.7.